The predicted octanol–water partition coefficient (Wildman–Crippen LogP) is 2.54. The lowest BCUT2D eigenvalue weighted by atomic mass is 10.1. The zero-order chi connectivity index (χ0) is 15.2. The fourth-order valence-electron chi connectivity index (χ4n) is 2.49. The van der Waals surface area contributed by atoms with Crippen molar-refractivity contribution in [3.05, 3.63) is 53.2 Å². The minimum absolute atomic E-state index is 0.650. The van der Waals surface area contributed by atoms with Crippen molar-refractivity contribution in [2.24, 2.45) is 5.73 Å². The van der Waals surface area contributed by atoms with Gasteiger partial charge in [-0.3, -0.25) is 0 Å². The van der Waals surface area contributed by atoms with E-state index in [2.05, 4.69) is 28.9 Å². The molecule has 21 heavy (non-hydrogen) atoms. The second-order valence-electron chi connectivity index (χ2n) is 5.19. The van der Waals surface area contributed by atoms with Crippen LogP contribution in [-0.4, -0.2) is 25.7 Å². The van der Waals surface area contributed by atoms with Gasteiger partial charge in [0.2, 0.25) is 0 Å². The van der Waals surface area contributed by atoms with Crippen molar-refractivity contribution >= 4 is 5.82 Å². The highest BCUT2D eigenvalue weighted by Crippen LogP contribution is 2.23. The molecule has 0 atom stereocenters. The molecule has 0 radical (unpaired) electrons. The number of benzene rings is 1. The van der Waals surface area contributed by atoms with Gasteiger partial charge in [-0.2, -0.15) is 0 Å². The number of rotatable bonds is 6. The minimum atomic E-state index is 0.650. The molecule has 0 bridgehead atoms. The van der Waals surface area contributed by atoms with E-state index in [1.807, 2.05) is 31.4 Å². The van der Waals surface area contributed by atoms with Gasteiger partial charge >= 0.3 is 0 Å². The van der Waals surface area contributed by atoms with Crippen molar-refractivity contribution in [3.8, 4) is 5.75 Å². The SMILES string of the molecule is COc1ccccc1CN(C)c1ncc(CCN)cc1C. The molecular weight excluding hydrogens is 262 g/mol. The summed E-state index contributed by atoms with van der Waals surface area (Å²) in [5, 5.41) is 0. The Morgan fingerprint density at radius 3 is 2.71 bits per heavy atom. The molecule has 0 fully saturated rings. The number of hydrogen-bond donors (Lipinski definition) is 1. The first-order chi connectivity index (χ1) is 10.2. The summed E-state index contributed by atoms with van der Waals surface area (Å²) < 4.78 is 5.40. The molecule has 0 saturated heterocycles. The van der Waals surface area contributed by atoms with Gasteiger partial charge < -0.3 is 15.4 Å². The van der Waals surface area contributed by atoms with Gasteiger partial charge in [0.1, 0.15) is 11.6 Å². The Balaban J connectivity index is 2.18. The van der Waals surface area contributed by atoms with Gasteiger partial charge in [-0.05, 0) is 37.1 Å². The summed E-state index contributed by atoms with van der Waals surface area (Å²) in [4.78, 5) is 6.72. The Morgan fingerprint density at radius 2 is 2.05 bits per heavy atom. The molecule has 0 aliphatic carbocycles. The topological polar surface area (TPSA) is 51.4 Å². The van der Waals surface area contributed by atoms with Crippen LogP contribution in [0.3, 0.4) is 0 Å². The first kappa shape index (κ1) is 15.3. The second-order valence-corrected chi connectivity index (χ2v) is 5.19. The van der Waals surface area contributed by atoms with Gasteiger partial charge in [0.05, 0.1) is 7.11 Å². The molecule has 2 aromatic rings. The molecule has 0 spiro atoms. The molecule has 0 amide bonds. The van der Waals surface area contributed by atoms with E-state index in [4.69, 9.17) is 10.5 Å². The lowest BCUT2D eigenvalue weighted by Crippen LogP contribution is -2.19. The molecule has 1 aromatic heterocycles. The average Bonchev–Trinajstić information content (AvgIpc) is 2.48. The van der Waals surface area contributed by atoms with Crippen molar-refractivity contribution in [2.45, 2.75) is 19.9 Å². The Hall–Kier alpha value is -2.07. The maximum atomic E-state index is 5.59. The van der Waals surface area contributed by atoms with Crippen LogP contribution in [0.5, 0.6) is 5.75 Å². The van der Waals surface area contributed by atoms with Gasteiger partial charge in [-0.25, -0.2) is 4.98 Å². The number of aromatic nitrogens is 1. The molecule has 1 aromatic carbocycles. The first-order valence-electron chi connectivity index (χ1n) is 7.14. The monoisotopic (exact) mass is 285 g/mol. The summed E-state index contributed by atoms with van der Waals surface area (Å²) >= 11 is 0. The lowest BCUT2D eigenvalue weighted by molar-refractivity contribution is 0.409. The molecule has 0 aliphatic heterocycles. The van der Waals surface area contributed by atoms with Gasteiger partial charge in [0.25, 0.3) is 0 Å². The minimum Gasteiger partial charge on any atom is -0.496 e. The van der Waals surface area contributed by atoms with Gasteiger partial charge in [0, 0.05) is 25.4 Å². The van der Waals surface area contributed by atoms with Crippen LogP contribution >= 0.6 is 0 Å². The van der Waals surface area contributed by atoms with E-state index < -0.39 is 0 Å². The highest BCUT2D eigenvalue weighted by molar-refractivity contribution is 5.48. The molecule has 2 rings (SSSR count). The largest absolute Gasteiger partial charge is 0.496 e. The van der Waals surface area contributed by atoms with Gasteiger partial charge in [-0.15, -0.1) is 0 Å². The van der Waals surface area contributed by atoms with Crippen LogP contribution in [0, 0.1) is 6.92 Å². The quantitative estimate of drug-likeness (QED) is 0.886. The van der Waals surface area contributed by atoms with Gasteiger partial charge in [0.15, 0.2) is 0 Å². The van der Waals surface area contributed by atoms with Crippen LogP contribution in [0.2, 0.25) is 0 Å². The summed E-state index contributed by atoms with van der Waals surface area (Å²) in [6.45, 7) is 3.49. The van der Waals surface area contributed by atoms with E-state index in [1.165, 1.54) is 11.1 Å². The number of pyridine rings is 1. The fourth-order valence-corrected chi connectivity index (χ4v) is 2.49. The highest BCUT2D eigenvalue weighted by Gasteiger charge is 2.10. The molecular formula is C17H23N3O. The Morgan fingerprint density at radius 1 is 1.29 bits per heavy atom. The molecule has 0 unspecified atom stereocenters. The molecule has 0 saturated carbocycles. The number of nitrogens with zero attached hydrogens (tertiary/aromatic N) is 2. The van der Waals surface area contributed by atoms with Crippen LogP contribution in [0.15, 0.2) is 36.5 Å². The Bertz CT molecular complexity index is 598. The number of anilines is 1. The first-order valence-corrected chi connectivity index (χ1v) is 7.14. The number of aryl methyl sites for hydroxylation is 1. The standard InChI is InChI=1S/C17H23N3O/c1-13-10-14(8-9-18)11-19-17(13)20(2)12-15-6-4-5-7-16(15)21-3/h4-7,10-11H,8-9,12,18H2,1-3H3. The molecule has 2 N–H and O–H groups in total. The molecule has 4 heteroatoms. The molecule has 112 valence electrons. The summed E-state index contributed by atoms with van der Waals surface area (Å²) in [5.41, 5.74) is 9.09. The zero-order valence-electron chi connectivity index (χ0n) is 13.0. The fraction of sp³-hybridized carbons (Fsp3) is 0.353. The predicted molar refractivity (Wildman–Crippen MR) is 86.8 cm³/mol. The van der Waals surface area contributed by atoms with Crippen molar-refractivity contribution in [1.29, 1.82) is 0 Å². The number of para-hydroxylation sites is 1. The van der Waals surface area contributed by atoms with E-state index in [-0.39, 0.29) is 0 Å². The zero-order valence-corrected chi connectivity index (χ0v) is 13.0. The van der Waals surface area contributed by atoms with Crippen molar-refractivity contribution in [2.75, 3.05) is 25.6 Å². The lowest BCUT2D eigenvalue weighted by Gasteiger charge is -2.21. The normalized spacial score (nSPS) is 10.5. The number of hydrogen-bond acceptors (Lipinski definition) is 4. The van der Waals surface area contributed by atoms with E-state index in [0.717, 1.165) is 30.1 Å². The number of methoxy groups -OCH3 is 1. The molecule has 1 heterocycles. The van der Waals surface area contributed by atoms with E-state index >= 15 is 0 Å². The molecule has 0 aliphatic rings. The molecule has 4 nitrogen and oxygen atoms in total. The van der Waals surface area contributed by atoms with Crippen LogP contribution in [-0.2, 0) is 13.0 Å². The Labute approximate surface area is 126 Å². The second kappa shape index (κ2) is 7.09. The summed E-state index contributed by atoms with van der Waals surface area (Å²) in [6, 6.07) is 10.2. The van der Waals surface area contributed by atoms with E-state index in [1.54, 1.807) is 7.11 Å². The number of ether oxygens (including phenoxy) is 1. The maximum absolute atomic E-state index is 5.59. The third kappa shape index (κ3) is 3.73. The third-order valence-corrected chi connectivity index (χ3v) is 3.50. The highest BCUT2D eigenvalue weighted by atomic mass is 16.5. The van der Waals surface area contributed by atoms with Crippen LogP contribution in [0.25, 0.3) is 0 Å². The van der Waals surface area contributed by atoms with Crippen molar-refractivity contribution in [1.82, 2.24) is 4.98 Å². The van der Waals surface area contributed by atoms with Crippen LogP contribution < -0.4 is 15.4 Å². The maximum Gasteiger partial charge on any atom is 0.131 e. The third-order valence-electron chi connectivity index (χ3n) is 3.50. The van der Waals surface area contributed by atoms with E-state index in [0.29, 0.717) is 6.54 Å². The van der Waals surface area contributed by atoms with E-state index in [9.17, 15) is 0 Å². The smallest absolute Gasteiger partial charge is 0.131 e. The summed E-state index contributed by atoms with van der Waals surface area (Å²) in [7, 11) is 3.74. The van der Waals surface area contributed by atoms with Gasteiger partial charge in [-0.1, -0.05) is 24.3 Å². The van der Waals surface area contributed by atoms with Crippen LogP contribution in [0.4, 0.5) is 5.82 Å². The number of nitrogens with two attached hydrogens (primary N) is 1. The summed E-state index contributed by atoms with van der Waals surface area (Å²) in [5.74, 6) is 1.89. The average molecular weight is 285 g/mol. The van der Waals surface area contributed by atoms with Crippen molar-refractivity contribution < 1.29 is 4.74 Å². The van der Waals surface area contributed by atoms with Crippen LogP contribution in [0.1, 0.15) is 16.7 Å². The Kier molecular flexibility index (Phi) is 5.17. The van der Waals surface area contributed by atoms with Crippen molar-refractivity contribution in [3.63, 3.8) is 0 Å². The summed E-state index contributed by atoms with van der Waals surface area (Å²) in [6.07, 6.45) is 2.78.